The van der Waals surface area contributed by atoms with Gasteiger partial charge in [-0.05, 0) is 26.8 Å². The van der Waals surface area contributed by atoms with Crippen LogP contribution in [-0.4, -0.2) is 24.5 Å². The molecule has 0 bridgehead atoms. The number of carbonyl (C=O) groups is 1. The van der Waals surface area contributed by atoms with Crippen LogP contribution in [0.5, 0.6) is 0 Å². The molecule has 0 aromatic rings. The van der Waals surface area contributed by atoms with E-state index in [0.717, 1.165) is 13.0 Å². The zero-order valence-electron chi connectivity index (χ0n) is 8.84. The first-order chi connectivity index (χ1) is 6.65. The first kappa shape index (κ1) is 11.1. The third-order valence-electron chi connectivity index (χ3n) is 2.67. The minimum absolute atomic E-state index is 0.0836. The summed E-state index contributed by atoms with van der Waals surface area (Å²) in [6.45, 7) is 4.91. The maximum atomic E-state index is 11.7. The second-order valence-corrected chi connectivity index (χ2v) is 3.96. The molecule has 14 heavy (non-hydrogen) atoms. The van der Waals surface area contributed by atoms with Crippen molar-refractivity contribution >= 4 is 5.91 Å². The number of hydrogen-bond acceptors (Lipinski definition) is 2. The molecule has 1 aliphatic heterocycles. The summed E-state index contributed by atoms with van der Waals surface area (Å²) in [6, 6.07) is 0.369. The highest BCUT2D eigenvalue weighted by atomic mass is 16.2. The molecule has 3 unspecified atom stereocenters. The van der Waals surface area contributed by atoms with Gasteiger partial charge in [-0.25, -0.2) is 0 Å². The minimum atomic E-state index is 0.0836. The number of nitrogens with one attached hydrogen (secondary N) is 2. The Morgan fingerprint density at radius 1 is 1.79 bits per heavy atom. The molecule has 0 aromatic carbocycles. The van der Waals surface area contributed by atoms with Crippen molar-refractivity contribution < 1.29 is 4.79 Å². The van der Waals surface area contributed by atoms with Gasteiger partial charge in [0.1, 0.15) is 0 Å². The van der Waals surface area contributed by atoms with Gasteiger partial charge in [0.15, 0.2) is 0 Å². The third-order valence-corrected chi connectivity index (χ3v) is 2.67. The lowest BCUT2D eigenvalue weighted by Gasteiger charge is -2.17. The van der Waals surface area contributed by atoms with Gasteiger partial charge in [0.05, 0.1) is 5.92 Å². The Kier molecular flexibility index (Phi) is 3.97. The molecule has 1 saturated heterocycles. The second-order valence-electron chi connectivity index (χ2n) is 3.96. The standard InChI is InChI=1S/C11H18N2O/c1-4-5-8(2)13-11(14)10-6-7-12-9(10)3/h1,8-10,12H,5-7H2,2-3H3,(H,13,14). The Balaban J connectivity index is 2.38. The van der Waals surface area contributed by atoms with Crippen LogP contribution in [0.3, 0.4) is 0 Å². The van der Waals surface area contributed by atoms with Crippen molar-refractivity contribution in [3.8, 4) is 12.3 Å². The van der Waals surface area contributed by atoms with Crippen LogP contribution in [0.4, 0.5) is 0 Å². The van der Waals surface area contributed by atoms with Crippen LogP contribution in [0.2, 0.25) is 0 Å². The molecule has 0 saturated carbocycles. The Morgan fingerprint density at radius 2 is 2.50 bits per heavy atom. The SMILES string of the molecule is C#CCC(C)NC(=O)C1CCNC1C. The average molecular weight is 194 g/mol. The van der Waals surface area contributed by atoms with Crippen LogP contribution in [0, 0.1) is 18.3 Å². The van der Waals surface area contributed by atoms with E-state index in [9.17, 15) is 4.79 Å². The first-order valence-corrected chi connectivity index (χ1v) is 5.12. The highest BCUT2D eigenvalue weighted by Gasteiger charge is 2.29. The fourth-order valence-electron chi connectivity index (χ4n) is 1.79. The molecule has 1 amide bonds. The monoisotopic (exact) mass is 194 g/mol. The van der Waals surface area contributed by atoms with E-state index in [1.54, 1.807) is 0 Å². The zero-order valence-corrected chi connectivity index (χ0v) is 8.84. The first-order valence-electron chi connectivity index (χ1n) is 5.12. The van der Waals surface area contributed by atoms with Gasteiger partial charge >= 0.3 is 0 Å². The zero-order chi connectivity index (χ0) is 10.6. The summed E-state index contributed by atoms with van der Waals surface area (Å²) < 4.78 is 0. The second kappa shape index (κ2) is 5.02. The molecular weight excluding hydrogens is 176 g/mol. The molecule has 0 aromatic heterocycles. The lowest BCUT2D eigenvalue weighted by Crippen LogP contribution is -2.40. The van der Waals surface area contributed by atoms with Crippen molar-refractivity contribution in [1.82, 2.24) is 10.6 Å². The smallest absolute Gasteiger partial charge is 0.224 e. The fourth-order valence-corrected chi connectivity index (χ4v) is 1.79. The molecule has 1 heterocycles. The highest BCUT2D eigenvalue weighted by Crippen LogP contribution is 2.15. The van der Waals surface area contributed by atoms with E-state index in [4.69, 9.17) is 6.42 Å². The van der Waals surface area contributed by atoms with E-state index in [1.165, 1.54) is 0 Å². The maximum absolute atomic E-state index is 11.7. The molecule has 1 aliphatic rings. The van der Waals surface area contributed by atoms with Crippen LogP contribution >= 0.6 is 0 Å². The molecule has 0 radical (unpaired) electrons. The van der Waals surface area contributed by atoms with Gasteiger partial charge < -0.3 is 10.6 Å². The van der Waals surface area contributed by atoms with Gasteiger partial charge in [-0.15, -0.1) is 12.3 Å². The predicted octanol–water partition coefficient (Wildman–Crippen LogP) is 0.512. The number of terminal acetylenes is 1. The van der Waals surface area contributed by atoms with Crippen LogP contribution in [0.1, 0.15) is 26.7 Å². The van der Waals surface area contributed by atoms with Crippen molar-refractivity contribution in [3.05, 3.63) is 0 Å². The van der Waals surface area contributed by atoms with E-state index in [2.05, 4.69) is 16.6 Å². The summed E-state index contributed by atoms with van der Waals surface area (Å²) in [5.74, 6) is 2.78. The Bertz CT molecular complexity index is 244. The Labute approximate surface area is 85.6 Å². The summed E-state index contributed by atoms with van der Waals surface area (Å²) in [6.07, 6.45) is 6.70. The molecule has 2 N–H and O–H groups in total. The summed E-state index contributed by atoms with van der Waals surface area (Å²) >= 11 is 0. The molecule has 1 fully saturated rings. The Hall–Kier alpha value is -1.01. The van der Waals surface area contributed by atoms with Crippen LogP contribution < -0.4 is 10.6 Å². The maximum Gasteiger partial charge on any atom is 0.224 e. The van der Waals surface area contributed by atoms with Crippen LogP contribution in [0.15, 0.2) is 0 Å². The largest absolute Gasteiger partial charge is 0.352 e. The average Bonchev–Trinajstić information content (AvgIpc) is 2.51. The quantitative estimate of drug-likeness (QED) is 0.643. The van der Waals surface area contributed by atoms with Crippen LogP contribution in [0.25, 0.3) is 0 Å². The molecule has 1 rings (SSSR count). The molecule has 0 spiro atoms. The predicted molar refractivity (Wildman–Crippen MR) is 56.6 cm³/mol. The van der Waals surface area contributed by atoms with Gasteiger partial charge in [-0.1, -0.05) is 0 Å². The molecule has 3 heteroatoms. The number of amides is 1. The molecular formula is C11H18N2O. The lowest BCUT2D eigenvalue weighted by atomic mass is 10.0. The van der Waals surface area contributed by atoms with Crippen molar-refractivity contribution in [2.45, 2.75) is 38.8 Å². The molecule has 3 atom stereocenters. The van der Waals surface area contributed by atoms with E-state index in [1.807, 2.05) is 13.8 Å². The Morgan fingerprint density at radius 3 is 3.00 bits per heavy atom. The van der Waals surface area contributed by atoms with Gasteiger partial charge in [-0.3, -0.25) is 4.79 Å². The minimum Gasteiger partial charge on any atom is -0.352 e. The molecule has 3 nitrogen and oxygen atoms in total. The number of carbonyl (C=O) groups excluding carboxylic acids is 1. The van der Waals surface area contributed by atoms with E-state index < -0.39 is 0 Å². The van der Waals surface area contributed by atoms with Crippen molar-refractivity contribution in [3.63, 3.8) is 0 Å². The third kappa shape index (κ3) is 2.74. The van der Waals surface area contributed by atoms with Gasteiger partial charge in [0, 0.05) is 18.5 Å². The number of rotatable bonds is 3. The van der Waals surface area contributed by atoms with Crippen molar-refractivity contribution in [2.75, 3.05) is 6.54 Å². The van der Waals surface area contributed by atoms with Gasteiger partial charge in [0.25, 0.3) is 0 Å². The summed E-state index contributed by atoms with van der Waals surface area (Å²) in [7, 11) is 0. The van der Waals surface area contributed by atoms with E-state index >= 15 is 0 Å². The van der Waals surface area contributed by atoms with E-state index in [0.29, 0.717) is 6.42 Å². The van der Waals surface area contributed by atoms with Crippen molar-refractivity contribution in [2.24, 2.45) is 5.92 Å². The van der Waals surface area contributed by atoms with Crippen LogP contribution in [-0.2, 0) is 4.79 Å². The summed E-state index contributed by atoms with van der Waals surface area (Å²) in [5.41, 5.74) is 0. The highest BCUT2D eigenvalue weighted by molar-refractivity contribution is 5.80. The normalized spacial score (nSPS) is 28.1. The van der Waals surface area contributed by atoms with Gasteiger partial charge in [0.2, 0.25) is 5.91 Å². The molecule has 0 aliphatic carbocycles. The topological polar surface area (TPSA) is 41.1 Å². The van der Waals surface area contributed by atoms with E-state index in [-0.39, 0.29) is 23.9 Å². The lowest BCUT2D eigenvalue weighted by molar-refractivity contribution is -0.125. The van der Waals surface area contributed by atoms with Crippen molar-refractivity contribution in [1.29, 1.82) is 0 Å². The summed E-state index contributed by atoms with van der Waals surface area (Å²) in [4.78, 5) is 11.7. The summed E-state index contributed by atoms with van der Waals surface area (Å²) in [5, 5.41) is 6.19. The number of hydrogen-bond donors (Lipinski definition) is 2. The van der Waals surface area contributed by atoms with Gasteiger partial charge in [-0.2, -0.15) is 0 Å². The molecule has 78 valence electrons. The fraction of sp³-hybridized carbons (Fsp3) is 0.727.